The minimum atomic E-state index is -3.16. The van der Waals surface area contributed by atoms with Crippen LogP contribution in [0.3, 0.4) is 0 Å². The Morgan fingerprint density at radius 3 is 2.44 bits per heavy atom. The van der Waals surface area contributed by atoms with Crippen LogP contribution in [0.5, 0.6) is 0 Å². The van der Waals surface area contributed by atoms with Gasteiger partial charge in [-0.2, -0.15) is 0 Å². The van der Waals surface area contributed by atoms with Crippen molar-refractivity contribution in [2.45, 2.75) is 30.1 Å². The zero-order chi connectivity index (χ0) is 12.0. The minimum Gasteiger partial charge on any atom is -0.330 e. The second-order valence-corrected chi connectivity index (χ2v) is 6.74. The van der Waals surface area contributed by atoms with Crippen LogP contribution in [0.2, 0.25) is 0 Å². The van der Waals surface area contributed by atoms with Gasteiger partial charge >= 0.3 is 0 Å². The summed E-state index contributed by atoms with van der Waals surface area (Å²) >= 11 is 0. The van der Waals surface area contributed by atoms with Gasteiger partial charge in [0.15, 0.2) is 9.84 Å². The van der Waals surface area contributed by atoms with Crippen molar-refractivity contribution in [2.24, 2.45) is 5.73 Å². The Morgan fingerprint density at radius 2 is 2.00 bits per heavy atom. The molecule has 2 rings (SSSR count). The molecule has 0 heterocycles. The molecule has 1 saturated carbocycles. The van der Waals surface area contributed by atoms with Gasteiger partial charge in [0, 0.05) is 18.2 Å². The van der Waals surface area contributed by atoms with E-state index in [1.165, 1.54) is 6.26 Å². The summed E-state index contributed by atoms with van der Waals surface area (Å²) in [6, 6.07) is 5.63. The Morgan fingerprint density at radius 1 is 1.38 bits per heavy atom. The van der Waals surface area contributed by atoms with E-state index in [0.29, 0.717) is 11.4 Å². The van der Waals surface area contributed by atoms with Gasteiger partial charge in [0.25, 0.3) is 0 Å². The van der Waals surface area contributed by atoms with Crippen LogP contribution < -0.4 is 5.73 Å². The number of aryl methyl sites for hydroxylation is 1. The number of benzene rings is 1. The SMILES string of the molecule is Cc1ccc(C2(CN)CC2)c(S(C)(=O)=O)c1. The minimum absolute atomic E-state index is 0.0773. The predicted octanol–water partition coefficient (Wildman–Crippen LogP) is 1.39. The molecule has 0 aromatic heterocycles. The molecule has 0 amide bonds. The Hall–Kier alpha value is -0.870. The molecule has 0 saturated heterocycles. The zero-order valence-electron chi connectivity index (χ0n) is 9.66. The van der Waals surface area contributed by atoms with E-state index in [-0.39, 0.29) is 5.41 Å². The summed E-state index contributed by atoms with van der Waals surface area (Å²) < 4.78 is 23.5. The van der Waals surface area contributed by atoms with E-state index in [1.54, 1.807) is 6.07 Å². The summed E-state index contributed by atoms with van der Waals surface area (Å²) in [6.07, 6.45) is 3.25. The monoisotopic (exact) mass is 239 g/mol. The van der Waals surface area contributed by atoms with Crippen molar-refractivity contribution in [1.29, 1.82) is 0 Å². The van der Waals surface area contributed by atoms with Crippen LogP contribution in [0.15, 0.2) is 23.1 Å². The molecule has 0 bridgehead atoms. The molecular formula is C12H17NO2S. The normalized spacial score (nSPS) is 18.4. The van der Waals surface area contributed by atoms with Crippen molar-refractivity contribution in [3.63, 3.8) is 0 Å². The quantitative estimate of drug-likeness (QED) is 0.867. The van der Waals surface area contributed by atoms with E-state index in [9.17, 15) is 8.42 Å². The average Bonchev–Trinajstić information content (AvgIpc) is 2.97. The number of hydrogen-bond donors (Lipinski definition) is 1. The van der Waals surface area contributed by atoms with E-state index in [1.807, 2.05) is 19.1 Å². The molecule has 0 spiro atoms. The lowest BCUT2D eigenvalue weighted by atomic mass is 9.95. The van der Waals surface area contributed by atoms with E-state index in [2.05, 4.69) is 0 Å². The maximum atomic E-state index is 11.8. The molecule has 0 atom stereocenters. The fraction of sp³-hybridized carbons (Fsp3) is 0.500. The molecule has 1 aliphatic rings. The molecule has 88 valence electrons. The molecule has 0 radical (unpaired) electrons. The van der Waals surface area contributed by atoms with Gasteiger partial charge in [-0.25, -0.2) is 8.42 Å². The number of rotatable bonds is 3. The van der Waals surface area contributed by atoms with Gasteiger partial charge in [-0.15, -0.1) is 0 Å². The van der Waals surface area contributed by atoms with Gasteiger partial charge in [0.05, 0.1) is 4.90 Å². The number of hydrogen-bond acceptors (Lipinski definition) is 3. The highest BCUT2D eigenvalue weighted by Gasteiger charge is 2.45. The van der Waals surface area contributed by atoms with E-state index in [4.69, 9.17) is 5.73 Å². The second kappa shape index (κ2) is 3.57. The average molecular weight is 239 g/mol. The van der Waals surface area contributed by atoms with Gasteiger partial charge in [-0.3, -0.25) is 0 Å². The topological polar surface area (TPSA) is 60.2 Å². The number of sulfone groups is 1. The van der Waals surface area contributed by atoms with Crippen LogP contribution in [-0.2, 0) is 15.3 Å². The summed E-state index contributed by atoms with van der Waals surface area (Å²) in [5, 5.41) is 0. The number of nitrogens with two attached hydrogens (primary N) is 1. The molecule has 16 heavy (non-hydrogen) atoms. The Balaban J connectivity index is 2.62. The maximum absolute atomic E-state index is 11.8. The molecule has 2 N–H and O–H groups in total. The van der Waals surface area contributed by atoms with Crippen molar-refractivity contribution >= 4 is 9.84 Å². The van der Waals surface area contributed by atoms with Crippen LogP contribution in [0.25, 0.3) is 0 Å². The van der Waals surface area contributed by atoms with Crippen LogP contribution in [0.4, 0.5) is 0 Å². The first kappa shape index (κ1) is 11.6. The third-order valence-electron chi connectivity index (χ3n) is 3.35. The highest BCUT2D eigenvalue weighted by Crippen LogP contribution is 2.49. The van der Waals surface area contributed by atoms with Gasteiger partial charge in [-0.1, -0.05) is 12.1 Å². The van der Waals surface area contributed by atoms with Crippen LogP contribution >= 0.6 is 0 Å². The zero-order valence-corrected chi connectivity index (χ0v) is 10.5. The Labute approximate surface area is 96.6 Å². The third kappa shape index (κ3) is 1.87. The predicted molar refractivity (Wildman–Crippen MR) is 64.3 cm³/mol. The molecule has 1 fully saturated rings. The molecule has 1 aliphatic carbocycles. The van der Waals surface area contributed by atoms with Gasteiger partial charge in [0.2, 0.25) is 0 Å². The lowest BCUT2D eigenvalue weighted by molar-refractivity contribution is 0.596. The summed E-state index contributed by atoms with van der Waals surface area (Å²) in [7, 11) is -3.16. The van der Waals surface area contributed by atoms with Gasteiger partial charge in [0.1, 0.15) is 0 Å². The second-order valence-electron chi connectivity index (χ2n) is 4.76. The van der Waals surface area contributed by atoms with Crippen LogP contribution in [0, 0.1) is 6.92 Å². The van der Waals surface area contributed by atoms with Crippen molar-refractivity contribution in [3.05, 3.63) is 29.3 Å². The maximum Gasteiger partial charge on any atom is 0.175 e. The van der Waals surface area contributed by atoms with Crippen LogP contribution in [-0.4, -0.2) is 21.2 Å². The fourth-order valence-corrected chi connectivity index (χ4v) is 3.19. The lowest BCUT2D eigenvalue weighted by Gasteiger charge is -2.17. The van der Waals surface area contributed by atoms with E-state index in [0.717, 1.165) is 24.0 Å². The molecule has 4 heteroatoms. The first-order valence-electron chi connectivity index (χ1n) is 5.40. The standard InChI is InChI=1S/C12H17NO2S/c1-9-3-4-10(12(8-13)5-6-12)11(7-9)16(2,14)15/h3-4,7H,5-6,8,13H2,1-2H3. The molecule has 0 unspecified atom stereocenters. The third-order valence-corrected chi connectivity index (χ3v) is 4.49. The van der Waals surface area contributed by atoms with E-state index < -0.39 is 9.84 Å². The van der Waals surface area contributed by atoms with E-state index >= 15 is 0 Å². The first-order chi connectivity index (χ1) is 7.39. The highest BCUT2D eigenvalue weighted by molar-refractivity contribution is 7.90. The molecule has 3 nitrogen and oxygen atoms in total. The highest BCUT2D eigenvalue weighted by atomic mass is 32.2. The molecule has 1 aromatic carbocycles. The van der Waals surface area contributed by atoms with Crippen molar-refractivity contribution in [3.8, 4) is 0 Å². The summed E-state index contributed by atoms with van der Waals surface area (Å²) in [4.78, 5) is 0.454. The largest absolute Gasteiger partial charge is 0.330 e. The van der Waals surface area contributed by atoms with Crippen molar-refractivity contribution in [1.82, 2.24) is 0 Å². The van der Waals surface area contributed by atoms with Crippen LogP contribution in [0.1, 0.15) is 24.0 Å². The van der Waals surface area contributed by atoms with Crippen molar-refractivity contribution in [2.75, 3.05) is 12.8 Å². The first-order valence-corrected chi connectivity index (χ1v) is 7.29. The molecule has 1 aromatic rings. The Kier molecular flexibility index (Phi) is 2.59. The summed E-state index contributed by atoms with van der Waals surface area (Å²) in [6.45, 7) is 2.43. The van der Waals surface area contributed by atoms with Gasteiger partial charge in [-0.05, 0) is 37.0 Å². The smallest absolute Gasteiger partial charge is 0.175 e. The van der Waals surface area contributed by atoms with Gasteiger partial charge < -0.3 is 5.73 Å². The summed E-state index contributed by atoms with van der Waals surface area (Å²) in [5.74, 6) is 0. The fourth-order valence-electron chi connectivity index (χ4n) is 2.11. The molecular weight excluding hydrogens is 222 g/mol. The van der Waals surface area contributed by atoms with Crippen molar-refractivity contribution < 1.29 is 8.42 Å². The molecule has 0 aliphatic heterocycles. The Bertz CT molecular complexity index is 516. The lowest BCUT2D eigenvalue weighted by Crippen LogP contribution is -2.22. The summed E-state index contributed by atoms with van der Waals surface area (Å²) in [5.41, 5.74) is 7.55.